The highest BCUT2D eigenvalue weighted by Crippen LogP contribution is 2.21. The third kappa shape index (κ3) is 2.76. The van der Waals surface area contributed by atoms with Crippen LogP contribution in [-0.2, 0) is 0 Å². The van der Waals surface area contributed by atoms with Crippen LogP contribution in [-0.4, -0.2) is 15.0 Å². The minimum atomic E-state index is 0.999. The van der Waals surface area contributed by atoms with Gasteiger partial charge in [0.15, 0.2) is 0 Å². The van der Waals surface area contributed by atoms with Crippen molar-refractivity contribution >= 4 is 43.4 Å². The van der Waals surface area contributed by atoms with E-state index < -0.39 is 0 Å². The summed E-state index contributed by atoms with van der Waals surface area (Å²) < 4.78 is 1.26. The molecule has 5 rings (SSSR count). The van der Waals surface area contributed by atoms with Crippen molar-refractivity contribution < 1.29 is 0 Å². The van der Waals surface area contributed by atoms with Gasteiger partial charge in [0.2, 0.25) is 0 Å². The molecule has 0 N–H and O–H groups in total. The first kappa shape index (κ1) is 13.8. The first-order valence-corrected chi connectivity index (χ1v) is 8.16. The summed E-state index contributed by atoms with van der Waals surface area (Å²) >= 11 is 1.68. The molecule has 110 valence electrons. The number of aromatic nitrogens is 3. The molecule has 3 heterocycles. The molecule has 2 aromatic carbocycles. The Morgan fingerprint density at radius 3 is 2.48 bits per heavy atom. The second-order valence-corrected chi connectivity index (χ2v) is 5.92. The van der Waals surface area contributed by atoms with Gasteiger partial charge in [-0.3, -0.25) is 9.97 Å². The average molecular weight is 315 g/mol. The molecule has 0 fully saturated rings. The molecule has 0 saturated carbocycles. The summed E-state index contributed by atoms with van der Waals surface area (Å²) in [7, 11) is 0. The number of fused-ring (bicyclic) bond motifs is 4. The lowest BCUT2D eigenvalue weighted by molar-refractivity contribution is 1.39. The van der Waals surface area contributed by atoms with Crippen LogP contribution in [0.25, 0.3) is 32.0 Å². The first-order valence-electron chi connectivity index (χ1n) is 7.28. The maximum absolute atomic E-state index is 4.37. The van der Waals surface area contributed by atoms with Gasteiger partial charge in [-0.1, -0.05) is 24.3 Å². The van der Waals surface area contributed by atoms with Crippen LogP contribution in [0, 0.1) is 0 Å². The molecular formula is C19H13N3S. The van der Waals surface area contributed by atoms with Crippen molar-refractivity contribution in [2.75, 3.05) is 0 Å². The minimum absolute atomic E-state index is 0.999. The Bertz CT molecular complexity index is 1000. The van der Waals surface area contributed by atoms with Crippen LogP contribution in [0.15, 0.2) is 78.6 Å². The lowest BCUT2D eigenvalue weighted by atomic mass is 10.1. The topological polar surface area (TPSA) is 38.7 Å². The molecule has 0 radical (unpaired) electrons. The third-order valence-corrected chi connectivity index (χ3v) is 4.40. The molecule has 3 aromatic heterocycles. The van der Waals surface area contributed by atoms with Crippen molar-refractivity contribution in [3.8, 4) is 0 Å². The Morgan fingerprint density at radius 2 is 1.52 bits per heavy atom. The average Bonchev–Trinajstić information content (AvgIpc) is 3.11. The van der Waals surface area contributed by atoms with Gasteiger partial charge in [-0.05, 0) is 36.4 Å². The van der Waals surface area contributed by atoms with E-state index in [4.69, 9.17) is 0 Å². The SMILES string of the molecule is c1ccc2scnc2c1.c1cnc2c(c1)ccc1ncccc12. The van der Waals surface area contributed by atoms with Crippen molar-refractivity contribution in [1.82, 2.24) is 15.0 Å². The number of hydrogen-bond acceptors (Lipinski definition) is 4. The van der Waals surface area contributed by atoms with Crippen molar-refractivity contribution in [2.24, 2.45) is 0 Å². The Hall–Kier alpha value is -2.85. The van der Waals surface area contributed by atoms with E-state index >= 15 is 0 Å². The fourth-order valence-electron chi connectivity index (χ4n) is 2.50. The number of hydrogen-bond donors (Lipinski definition) is 0. The molecule has 5 aromatic rings. The molecular weight excluding hydrogens is 302 g/mol. The van der Waals surface area contributed by atoms with Gasteiger partial charge in [-0.25, -0.2) is 4.98 Å². The van der Waals surface area contributed by atoms with E-state index in [1.54, 1.807) is 17.5 Å². The number of benzene rings is 2. The maximum atomic E-state index is 4.37. The zero-order chi connectivity index (χ0) is 15.5. The van der Waals surface area contributed by atoms with Gasteiger partial charge in [-0.2, -0.15) is 0 Å². The Balaban J connectivity index is 0.000000130. The van der Waals surface area contributed by atoms with E-state index in [-0.39, 0.29) is 0 Å². The summed E-state index contributed by atoms with van der Waals surface area (Å²) in [6.45, 7) is 0. The normalized spacial score (nSPS) is 10.6. The fourth-order valence-corrected chi connectivity index (χ4v) is 3.18. The molecule has 3 nitrogen and oxygen atoms in total. The summed E-state index contributed by atoms with van der Waals surface area (Å²) in [4.78, 5) is 12.8. The predicted molar refractivity (Wildman–Crippen MR) is 96.7 cm³/mol. The molecule has 0 spiro atoms. The van der Waals surface area contributed by atoms with Crippen LogP contribution in [0.4, 0.5) is 0 Å². The van der Waals surface area contributed by atoms with Crippen LogP contribution in [0.2, 0.25) is 0 Å². The summed E-state index contributed by atoms with van der Waals surface area (Å²) in [5.74, 6) is 0. The molecule has 0 unspecified atom stereocenters. The number of pyridine rings is 2. The first-order chi connectivity index (χ1) is 11.4. The van der Waals surface area contributed by atoms with Crippen LogP contribution in [0.5, 0.6) is 0 Å². The monoisotopic (exact) mass is 315 g/mol. The summed E-state index contributed by atoms with van der Waals surface area (Å²) in [6.07, 6.45) is 3.62. The summed E-state index contributed by atoms with van der Waals surface area (Å²) in [5, 5.41) is 2.28. The summed E-state index contributed by atoms with van der Waals surface area (Å²) in [6, 6.07) is 20.2. The van der Waals surface area contributed by atoms with E-state index in [9.17, 15) is 0 Å². The Labute approximate surface area is 137 Å². The Kier molecular flexibility index (Phi) is 3.66. The zero-order valence-corrected chi connectivity index (χ0v) is 13.1. The second-order valence-electron chi connectivity index (χ2n) is 5.03. The molecule has 0 amide bonds. The standard InChI is InChI=1S/C12H8N2.C7H5NS/c1-3-9-5-6-11-10(4-2-7-13-11)12(9)14-8-1;1-2-4-7-6(3-1)8-5-9-7/h1-8H;1-5H. The van der Waals surface area contributed by atoms with Crippen molar-refractivity contribution in [2.45, 2.75) is 0 Å². The maximum Gasteiger partial charge on any atom is 0.0812 e. The van der Waals surface area contributed by atoms with Crippen molar-refractivity contribution in [3.05, 3.63) is 78.6 Å². The van der Waals surface area contributed by atoms with Gasteiger partial charge in [0, 0.05) is 23.2 Å². The van der Waals surface area contributed by atoms with Gasteiger partial charge < -0.3 is 0 Å². The van der Waals surface area contributed by atoms with E-state index in [1.165, 1.54) is 4.70 Å². The van der Waals surface area contributed by atoms with Crippen LogP contribution >= 0.6 is 11.3 Å². The number of rotatable bonds is 0. The van der Waals surface area contributed by atoms with Gasteiger partial charge in [-0.15, -0.1) is 11.3 Å². The van der Waals surface area contributed by atoms with E-state index in [0.717, 1.165) is 27.3 Å². The van der Waals surface area contributed by atoms with E-state index in [2.05, 4.69) is 39.2 Å². The quantitative estimate of drug-likeness (QED) is 0.374. The molecule has 4 heteroatoms. The highest BCUT2D eigenvalue weighted by molar-refractivity contribution is 7.16. The molecule has 0 aliphatic heterocycles. The molecule has 0 aliphatic rings. The van der Waals surface area contributed by atoms with Crippen molar-refractivity contribution in [1.29, 1.82) is 0 Å². The lowest BCUT2D eigenvalue weighted by Crippen LogP contribution is -1.82. The highest BCUT2D eigenvalue weighted by atomic mass is 32.1. The molecule has 0 saturated heterocycles. The predicted octanol–water partition coefficient (Wildman–Crippen LogP) is 5.08. The van der Waals surface area contributed by atoms with E-state index in [0.29, 0.717) is 0 Å². The second kappa shape index (κ2) is 6.10. The smallest absolute Gasteiger partial charge is 0.0812 e. The van der Waals surface area contributed by atoms with Gasteiger partial charge >= 0.3 is 0 Å². The van der Waals surface area contributed by atoms with Gasteiger partial charge in [0.05, 0.1) is 26.8 Å². The molecule has 0 bridgehead atoms. The van der Waals surface area contributed by atoms with Crippen LogP contribution in [0.3, 0.4) is 0 Å². The lowest BCUT2D eigenvalue weighted by Gasteiger charge is -2.00. The minimum Gasteiger partial charge on any atom is -0.256 e. The Morgan fingerprint density at radius 1 is 0.652 bits per heavy atom. The number of nitrogens with zero attached hydrogens (tertiary/aromatic N) is 3. The highest BCUT2D eigenvalue weighted by Gasteiger charge is 1.99. The van der Waals surface area contributed by atoms with Crippen LogP contribution < -0.4 is 0 Å². The van der Waals surface area contributed by atoms with Gasteiger partial charge in [0.1, 0.15) is 0 Å². The molecule has 0 atom stereocenters. The number of thiazole rings is 1. The van der Waals surface area contributed by atoms with E-state index in [1.807, 2.05) is 48.1 Å². The molecule has 0 aliphatic carbocycles. The van der Waals surface area contributed by atoms with Gasteiger partial charge in [0.25, 0.3) is 0 Å². The van der Waals surface area contributed by atoms with Crippen LogP contribution in [0.1, 0.15) is 0 Å². The third-order valence-electron chi connectivity index (χ3n) is 3.59. The largest absolute Gasteiger partial charge is 0.256 e. The fraction of sp³-hybridized carbons (Fsp3) is 0. The van der Waals surface area contributed by atoms with Crippen molar-refractivity contribution in [3.63, 3.8) is 0 Å². The number of para-hydroxylation sites is 1. The molecule has 23 heavy (non-hydrogen) atoms. The summed E-state index contributed by atoms with van der Waals surface area (Å²) in [5.41, 5.74) is 4.99. The zero-order valence-electron chi connectivity index (χ0n) is 12.3.